The van der Waals surface area contributed by atoms with Crippen molar-refractivity contribution in [3.63, 3.8) is 0 Å². The van der Waals surface area contributed by atoms with Crippen molar-refractivity contribution < 1.29 is 0 Å². The third-order valence-corrected chi connectivity index (χ3v) is 3.28. The quantitative estimate of drug-likeness (QED) is 0.716. The molecule has 1 saturated heterocycles. The van der Waals surface area contributed by atoms with Gasteiger partial charge in [-0.2, -0.15) is 16.9 Å². The SMILES string of the molecule is Cc1cc(N)n(C2CCSC2)n1. The minimum atomic E-state index is 0.531. The molecule has 1 unspecified atom stereocenters. The largest absolute Gasteiger partial charge is 0.384 e. The molecule has 3 nitrogen and oxygen atoms in total. The Hall–Kier alpha value is -0.640. The molecule has 0 spiro atoms. The van der Waals surface area contributed by atoms with Crippen molar-refractivity contribution in [2.75, 3.05) is 17.2 Å². The molecule has 2 N–H and O–H groups in total. The van der Waals surface area contributed by atoms with E-state index in [1.54, 1.807) is 0 Å². The fourth-order valence-corrected chi connectivity index (χ4v) is 2.73. The highest BCUT2D eigenvalue weighted by molar-refractivity contribution is 7.99. The van der Waals surface area contributed by atoms with E-state index in [-0.39, 0.29) is 0 Å². The van der Waals surface area contributed by atoms with Gasteiger partial charge in [0.05, 0.1) is 11.7 Å². The summed E-state index contributed by atoms with van der Waals surface area (Å²) in [6, 6.07) is 2.46. The van der Waals surface area contributed by atoms with E-state index in [4.69, 9.17) is 5.73 Å². The zero-order valence-electron chi connectivity index (χ0n) is 7.16. The summed E-state index contributed by atoms with van der Waals surface area (Å²) in [5, 5.41) is 4.37. The van der Waals surface area contributed by atoms with Gasteiger partial charge in [-0.15, -0.1) is 0 Å². The number of aryl methyl sites for hydroxylation is 1. The standard InChI is InChI=1S/C8H13N3S/c1-6-4-8(9)11(10-6)7-2-3-12-5-7/h4,7H,2-3,5,9H2,1H3. The molecule has 1 fully saturated rings. The molecule has 1 aromatic heterocycles. The van der Waals surface area contributed by atoms with Gasteiger partial charge in [-0.25, -0.2) is 4.68 Å². The summed E-state index contributed by atoms with van der Waals surface area (Å²) in [5.41, 5.74) is 6.83. The fourth-order valence-electron chi connectivity index (χ4n) is 1.54. The third-order valence-electron chi connectivity index (χ3n) is 2.14. The summed E-state index contributed by atoms with van der Waals surface area (Å²) >= 11 is 1.98. The average Bonchev–Trinajstić information content (AvgIpc) is 2.58. The molecule has 0 amide bonds. The number of nitrogen functional groups attached to an aromatic ring is 1. The first kappa shape index (κ1) is 7.98. The van der Waals surface area contributed by atoms with Crippen LogP contribution in [0.1, 0.15) is 18.2 Å². The van der Waals surface area contributed by atoms with E-state index in [0.29, 0.717) is 6.04 Å². The van der Waals surface area contributed by atoms with Crippen molar-refractivity contribution in [3.8, 4) is 0 Å². The van der Waals surface area contributed by atoms with E-state index in [9.17, 15) is 0 Å². The Morgan fingerprint density at radius 2 is 2.58 bits per heavy atom. The fraction of sp³-hybridized carbons (Fsp3) is 0.625. The van der Waals surface area contributed by atoms with Gasteiger partial charge >= 0.3 is 0 Å². The van der Waals surface area contributed by atoms with Crippen LogP contribution in [0.25, 0.3) is 0 Å². The van der Waals surface area contributed by atoms with Crippen LogP contribution < -0.4 is 5.73 Å². The molecule has 2 heterocycles. The van der Waals surface area contributed by atoms with Crippen LogP contribution >= 0.6 is 11.8 Å². The number of thioether (sulfide) groups is 1. The molecule has 0 aliphatic carbocycles. The summed E-state index contributed by atoms with van der Waals surface area (Å²) in [4.78, 5) is 0. The average molecular weight is 183 g/mol. The normalized spacial score (nSPS) is 23.2. The Balaban J connectivity index is 2.25. The molecule has 1 aromatic rings. The van der Waals surface area contributed by atoms with E-state index < -0.39 is 0 Å². The Kier molecular flexibility index (Phi) is 2.00. The number of hydrogen-bond donors (Lipinski definition) is 1. The van der Waals surface area contributed by atoms with Crippen molar-refractivity contribution in [1.82, 2.24) is 9.78 Å². The smallest absolute Gasteiger partial charge is 0.122 e. The van der Waals surface area contributed by atoms with Gasteiger partial charge in [-0.1, -0.05) is 0 Å². The highest BCUT2D eigenvalue weighted by Crippen LogP contribution is 2.29. The second kappa shape index (κ2) is 3.01. The maximum absolute atomic E-state index is 5.81. The monoisotopic (exact) mass is 183 g/mol. The van der Waals surface area contributed by atoms with Gasteiger partial charge in [-0.3, -0.25) is 0 Å². The van der Waals surface area contributed by atoms with E-state index in [0.717, 1.165) is 17.3 Å². The Bertz CT molecular complexity index is 276. The molecule has 12 heavy (non-hydrogen) atoms. The van der Waals surface area contributed by atoms with Gasteiger partial charge in [0.2, 0.25) is 0 Å². The van der Waals surface area contributed by atoms with Crippen LogP contribution in [0.5, 0.6) is 0 Å². The predicted molar refractivity (Wildman–Crippen MR) is 52.4 cm³/mol. The third kappa shape index (κ3) is 1.31. The van der Waals surface area contributed by atoms with Crippen molar-refractivity contribution in [1.29, 1.82) is 0 Å². The maximum Gasteiger partial charge on any atom is 0.122 e. The summed E-state index contributed by atoms with van der Waals surface area (Å²) in [6.07, 6.45) is 1.20. The molecule has 66 valence electrons. The molecule has 0 saturated carbocycles. The number of nitrogens with zero attached hydrogens (tertiary/aromatic N) is 2. The second-order valence-electron chi connectivity index (χ2n) is 3.17. The van der Waals surface area contributed by atoms with Gasteiger partial charge in [0.25, 0.3) is 0 Å². The molecule has 1 aliphatic rings. The summed E-state index contributed by atoms with van der Waals surface area (Å²) in [7, 11) is 0. The lowest BCUT2D eigenvalue weighted by molar-refractivity contribution is 0.506. The van der Waals surface area contributed by atoms with E-state index >= 15 is 0 Å². The van der Waals surface area contributed by atoms with Crippen LogP contribution in [0.3, 0.4) is 0 Å². The van der Waals surface area contributed by atoms with Crippen LogP contribution in [-0.2, 0) is 0 Å². The molecule has 1 atom stereocenters. The summed E-state index contributed by atoms with van der Waals surface area (Å²) in [5.74, 6) is 3.20. The predicted octanol–water partition coefficient (Wildman–Crippen LogP) is 1.45. The van der Waals surface area contributed by atoms with Gasteiger partial charge in [0, 0.05) is 11.8 Å². The molecule has 4 heteroatoms. The lowest BCUT2D eigenvalue weighted by Gasteiger charge is -2.10. The number of aromatic nitrogens is 2. The zero-order valence-corrected chi connectivity index (χ0v) is 7.97. The van der Waals surface area contributed by atoms with E-state index in [1.165, 1.54) is 12.2 Å². The van der Waals surface area contributed by atoms with Gasteiger partial charge in [-0.05, 0) is 19.1 Å². The number of rotatable bonds is 1. The first-order valence-corrected chi connectivity index (χ1v) is 5.32. The summed E-state index contributed by atoms with van der Waals surface area (Å²) < 4.78 is 1.97. The van der Waals surface area contributed by atoms with Gasteiger partial charge in [0.1, 0.15) is 5.82 Å². The van der Waals surface area contributed by atoms with E-state index in [1.807, 2.05) is 29.4 Å². The molecule has 0 aromatic carbocycles. The van der Waals surface area contributed by atoms with Crippen molar-refractivity contribution in [2.45, 2.75) is 19.4 Å². The van der Waals surface area contributed by atoms with Gasteiger partial charge < -0.3 is 5.73 Å². The van der Waals surface area contributed by atoms with Crippen molar-refractivity contribution >= 4 is 17.6 Å². The van der Waals surface area contributed by atoms with Crippen LogP contribution in [0.4, 0.5) is 5.82 Å². The minimum Gasteiger partial charge on any atom is -0.384 e. The Morgan fingerprint density at radius 3 is 3.08 bits per heavy atom. The number of anilines is 1. The van der Waals surface area contributed by atoms with Crippen molar-refractivity contribution in [2.24, 2.45) is 0 Å². The minimum absolute atomic E-state index is 0.531. The molecule has 1 aliphatic heterocycles. The molecule has 2 rings (SSSR count). The van der Waals surface area contributed by atoms with E-state index in [2.05, 4.69) is 5.10 Å². The first-order chi connectivity index (χ1) is 5.77. The lowest BCUT2D eigenvalue weighted by Crippen LogP contribution is -2.12. The van der Waals surface area contributed by atoms with Crippen molar-refractivity contribution in [3.05, 3.63) is 11.8 Å². The molecular formula is C8H13N3S. The highest BCUT2D eigenvalue weighted by Gasteiger charge is 2.19. The maximum atomic E-state index is 5.81. The molecule has 0 bridgehead atoms. The number of nitrogens with two attached hydrogens (primary N) is 1. The number of hydrogen-bond acceptors (Lipinski definition) is 3. The lowest BCUT2D eigenvalue weighted by atomic mass is 10.3. The molecule has 0 radical (unpaired) electrons. The van der Waals surface area contributed by atoms with Crippen LogP contribution in [0, 0.1) is 6.92 Å². The van der Waals surface area contributed by atoms with Crippen LogP contribution in [-0.4, -0.2) is 21.3 Å². The highest BCUT2D eigenvalue weighted by atomic mass is 32.2. The Morgan fingerprint density at radius 1 is 1.75 bits per heavy atom. The van der Waals surface area contributed by atoms with Gasteiger partial charge in [0.15, 0.2) is 0 Å². The first-order valence-electron chi connectivity index (χ1n) is 4.17. The van der Waals surface area contributed by atoms with Crippen LogP contribution in [0.2, 0.25) is 0 Å². The summed E-state index contributed by atoms with van der Waals surface area (Å²) in [6.45, 7) is 1.98. The zero-order chi connectivity index (χ0) is 8.55. The second-order valence-corrected chi connectivity index (χ2v) is 4.32. The topological polar surface area (TPSA) is 43.8 Å². The van der Waals surface area contributed by atoms with Crippen LogP contribution in [0.15, 0.2) is 6.07 Å². The molecular weight excluding hydrogens is 170 g/mol. The Labute approximate surface area is 76.3 Å².